The first kappa shape index (κ1) is 24.8. The maximum atomic E-state index is 11.8. The predicted molar refractivity (Wildman–Crippen MR) is 96.8 cm³/mol. The van der Waals surface area contributed by atoms with Gasteiger partial charge in [-0.2, -0.15) is 5.26 Å². The van der Waals surface area contributed by atoms with Gasteiger partial charge in [0.1, 0.15) is 0 Å². The van der Waals surface area contributed by atoms with Crippen LogP contribution in [-0.4, -0.2) is 70.8 Å². The summed E-state index contributed by atoms with van der Waals surface area (Å²) in [4.78, 5) is 34.9. The summed E-state index contributed by atoms with van der Waals surface area (Å²) in [6, 6.07) is 0. The molecule has 2 unspecified atom stereocenters. The van der Waals surface area contributed by atoms with Gasteiger partial charge in [0.25, 0.3) is 0 Å². The average molecular weight is 385 g/mol. The summed E-state index contributed by atoms with van der Waals surface area (Å²) < 4.78 is 0. The molecule has 0 radical (unpaired) electrons. The van der Waals surface area contributed by atoms with Crippen molar-refractivity contribution in [2.75, 3.05) is 26.2 Å². The summed E-state index contributed by atoms with van der Waals surface area (Å²) >= 11 is 0. The second-order valence-electron chi connectivity index (χ2n) is 6.40. The molecule has 3 amide bonds. The number of nitrogens with zero attached hydrogens (tertiary/aromatic N) is 3. The number of nitrogens with one attached hydrogen (secondary N) is 1. The van der Waals surface area contributed by atoms with Crippen molar-refractivity contribution in [2.24, 2.45) is 11.7 Å². The van der Waals surface area contributed by atoms with E-state index >= 15 is 0 Å². The summed E-state index contributed by atoms with van der Waals surface area (Å²) in [6.45, 7) is 2.81. The maximum absolute atomic E-state index is 11.8. The third kappa shape index (κ3) is 11.9. The zero-order valence-corrected chi connectivity index (χ0v) is 15.8. The summed E-state index contributed by atoms with van der Waals surface area (Å²) in [7, 11) is 0. The second-order valence-corrected chi connectivity index (χ2v) is 6.40. The van der Waals surface area contributed by atoms with Crippen LogP contribution < -0.4 is 11.1 Å². The molecule has 0 aromatic heterocycles. The SMILES string of the molecule is CC(CNC(=O)CCC(=O)N(O)CCCCCN)C(O)CCN(C#N)C=O. The number of amides is 3. The minimum atomic E-state index is -0.788. The quantitative estimate of drug-likeness (QED) is 0.0742. The van der Waals surface area contributed by atoms with E-state index in [0.717, 1.165) is 17.7 Å². The molecule has 5 N–H and O–H groups in total. The van der Waals surface area contributed by atoms with Crippen LogP contribution in [0.3, 0.4) is 0 Å². The van der Waals surface area contributed by atoms with Crippen LogP contribution in [0.4, 0.5) is 0 Å². The Morgan fingerprint density at radius 2 is 1.96 bits per heavy atom. The molecule has 0 aromatic carbocycles. The normalized spacial score (nSPS) is 12.6. The first-order valence-electron chi connectivity index (χ1n) is 9.11. The lowest BCUT2D eigenvalue weighted by atomic mass is 10.0. The van der Waals surface area contributed by atoms with E-state index in [1.807, 2.05) is 0 Å². The first-order valence-corrected chi connectivity index (χ1v) is 9.11. The van der Waals surface area contributed by atoms with E-state index in [1.165, 1.54) is 0 Å². The molecule has 10 nitrogen and oxygen atoms in total. The third-order valence-corrected chi connectivity index (χ3v) is 4.13. The Labute approximate surface area is 159 Å². The Morgan fingerprint density at radius 1 is 1.26 bits per heavy atom. The Bertz CT molecular complexity index is 497. The van der Waals surface area contributed by atoms with Gasteiger partial charge in [-0.3, -0.25) is 24.5 Å². The van der Waals surface area contributed by atoms with Crippen LogP contribution in [0, 0.1) is 17.4 Å². The summed E-state index contributed by atoms with van der Waals surface area (Å²) in [6.07, 6.45) is 3.62. The Hall–Kier alpha value is -2.22. The van der Waals surface area contributed by atoms with Gasteiger partial charge in [-0.15, -0.1) is 0 Å². The van der Waals surface area contributed by atoms with Gasteiger partial charge in [0.05, 0.1) is 6.10 Å². The summed E-state index contributed by atoms with van der Waals surface area (Å²) in [5.74, 6) is -1.16. The number of aliphatic hydroxyl groups excluding tert-OH is 1. The Morgan fingerprint density at radius 3 is 2.56 bits per heavy atom. The van der Waals surface area contributed by atoms with Crippen molar-refractivity contribution in [1.82, 2.24) is 15.3 Å². The van der Waals surface area contributed by atoms with Crippen molar-refractivity contribution in [1.29, 1.82) is 5.26 Å². The molecule has 0 aliphatic rings. The topological polar surface area (TPSA) is 160 Å². The van der Waals surface area contributed by atoms with Gasteiger partial charge in [-0.05, 0) is 31.7 Å². The van der Waals surface area contributed by atoms with E-state index in [4.69, 9.17) is 11.0 Å². The fraction of sp³-hybridized carbons (Fsp3) is 0.765. The van der Waals surface area contributed by atoms with Crippen molar-refractivity contribution < 1.29 is 24.7 Å². The van der Waals surface area contributed by atoms with E-state index in [1.54, 1.807) is 13.1 Å². The van der Waals surface area contributed by atoms with Crippen molar-refractivity contribution in [3.05, 3.63) is 0 Å². The highest BCUT2D eigenvalue weighted by molar-refractivity contribution is 5.83. The number of nitrogens with two attached hydrogens (primary N) is 1. The molecule has 0 rings (SSSR count). The van der Waals surface area contributed by atoms with Crippen LogP contribution >= 0.6 is 0 Å². The molecule has 0 aliphatic heterocycles. The first-order chi connectivity index (χ1) is 12.8. The van der Waals surface area contributed by atoms with E-state index in [0.29, 0.717) is 24.4 Å². The Kier molecular flexibility index (Phi) is 13.7. The zero-order valence-electron chi connectivity index (χ0n) is 15.8. The fourth-order valence-electron chi connectivity index (χ4n) is 2.24. The van der Waals surface area contributed by atoms with Crippen LogP contribution in [0.2, 0.25) is 0 Å². The molecule has 10 heteroatoms. The molecule has 27 heavy (non-hydrogen) atoms. The van der Waals surface area contributed by atoms with Crippen LogP contribution in [0.15, 0.2) is 0 Å². The molecule has 0 aliphatic carbocycles. The molecule has 0 bridgehead atoms. The smallest absolute Gasteiger partial charge is 0.246 e. The molecule has 0 saturated carbocycles. The summed E-state index contributed by atoms with van der Waals surface area (Å²) in [5, 5.41) is 31.4. The number of hydrogen-bond donors (Lipinski definition) is 4. The number of carbonyl (C=O) groups is 3. The molecule has 0 fully saturated rings. The largest absolute Gasteiger partial charge is 0.393 e. The third-order valence-electron chi connectivity index (χ3n) is 4.13. The molecular weight excluding hydrogens is 354 g/mol. The number of carbonyl (C=O) groups excluding carboxylic acids is 3. The molecule has 0 spiro atoms. The number of hydroxylamine groups is 2. The average Bonchev–Trinajstić information content (AvgIpc) is 2.67. The van der Waals surface area contributed by atoms with Crippen LogP contribution in [0.25, 0.3) is 0 Å². The highest BCUT2D eigenvalue weighted by Gasteiger charge is 2.17. The standard InChI is InChI=1S/C17H31N5O5/c1-14(15(24)7-10-21(12-19)13-23)11-20-16(25)5-6-17(26)22(27)9-4-2-3-8-18/h13-15,24,27H,2-11,18H2,1H3,(H,20,25). The fourth-order valence-corrected chi connectivity index (χ4v) is 2.24. The lowest BCUT2D eigenvalue weighted by Crippen LogP contribution is -2.36. The molecule has 154 valence electrons. The van der Waals surface area contributed by atoms with E-state index < -0.39 is 12.0 Å². The molecular formula is C17H31N5O5. The van der Waals surface area contributed by atoms with Gasteiger partial charge in [-0.1, -0.05) is 13.3 Å². The van der Waals surface area contributed by atoms with Crippen molar-refractivity contribution >= 4 is 18.2 Å². The minimum absolute atomic E-state index is 0.0607. The van der Waals surface area contributed by atoms with Crippen molar-refractivity contribution in [3.8, 4) is 6.19 Å². The number of hydrogen-bond acceptors (Lipinski definition) is 7. The minimum Gasteiger partial charge on any atom is -0.393 e. The molecule has 2 atom stereocenters. The summed E-state index contributed by atoms with van der Waals surface area (Å²) in [5.41, 5.74) is 5.37. The van der Waals surface area contributed by atoms with Crippen molar-refractivity contribution in [3.63, 3.8) is 0 Å². The van der Waals surface area contributed by atoms with Gasteiger partial charge in [0, 0.05) is 32.5 Å². The van der Waals surface area contributed by atoms with Gasteiger partial charge in [0.2, 0.25) is 18.2 Å². The number of nitriles is 1. The highest BCUT2D eigenvalue weighted by Crippen LogP contribution is 2.07. The monoisotopic (exact) mass is 385 g/mol. The van der Waals surface area contributed by atoms with Gasteiger partial charge in [-0.25, -0.2) is 5.06 Å². The zero-order chi connectivity index (χ0) is 20.7. The lowest BCUT2D eigenvalue weighted by Gasteiger charge is -2.20. The number of rotatable bonds is 15. The number of aliphatic hydroxyl groups is 1. The van der Waals surface area contributed by atoms with Crippen LogP contribution in [0.1, 0.15) is 45.4 Å². The predicted octanol–water partition coefficient (Wildman–Crippen LogP) is -0.444. The maximum Gasteiger partial charge on any atom is 0.246 e. The molecule has 0 saturated heterocycles. The van der Waals surface area contributed by atoms with E-state index in [9.17, 15) is 24.7 Å². The molecule has 0 aromatic rings. The molecule has 0 heterocycles. The van der Waals surface area contributed by atoms with Gasteiger partial charge < -0.3 is 16.2 Å². The van der Waals surface area contributed by atoms with Gasteiger partial charge in [0.15, 0.2) is 6.19 Å². The Balaban J connectivity index is 3.99. The van der Waals surface area contributed by atoms with Gasteiger partial charge >= 0.3 is 0 Å². The van der Waals surface area contributed by atoms with E-state index in [2.05, 4.69) is 5.32 Å². The van der Waals surface area contributed by atoms with E-state index in [-0.39, 0.29) is 50.7 Å². The lowest BCUT2D eigenvalue weighted by molar-refractivity contribution is -0.166. The number of unbranched alkanes of at least 4 members (excludes halogenated alkanes) is 2. The van der Waals surface area contributed by atoms with Crippen LogP contribution in [0.5, 0.6) is 0 Å². The second kappa shape index (κ2) is 14.9. The van der Waals surface area contributed by atoms with Crippen molar-refractivity contribution in [2.45, 2.75) is 51.6 Å². The highest BCUT2D eigenvalue weighted by atomic mass is 16.5. The van der Waals surface area contributed by atoms with Crippen LogP contribution in [-0.2, 0) is 14.4 Å².